The molecule has 1 amide bonds. The fourth-order valence-corrected chi connectivity index (χ4v) is 4.31. The second-order valence-electron chi connectivity index (χ2n) is 5.16. The zero-order valence-electron chi connectivity index (χ0n) is 12.2. The zero-order valence-corrected chi connectivity index (χ0v) is 16.0. The minimum absolute atomic E-state index is 0.118. The Balaban J connectivity index is 1.77. The van der Waals surface area contributed by atoms with Crippen LogP contribution >= 0.6 is 46.6 Å². The summed E-state index contributed by atoms with van der Waals surface area (Å²) in [5, 5.41) is 2.08. The van der Waals surface area contributed by atoms with E-state index in [-0.39, 0.29) is 5.91 Å². The number of fused-ring (bicyclic) bond motifs is 1. The van der Waals surface area contributed by atoms with E-state index in [1.54, 1.807) is 11.0 Å². The lowest BCUT2D eigenvalue weighted by atomic mass is 10.1. The molecular formula is C18H10INO2S2. The van der Waals surface area contributed by atoms with Gasteiger partial charge in [-0.05, 0) is 46.2 Å². The van der Waals surface area contributed by atoms with Crippen molar-refractivity contribution in [2.75, 3.05) is 4.90 Å². The monoisotopic (exact) mass is 463 g/mol. The van der Waals surface area contributed by atoms with Crippen LogP contribution in [0.4, 0.5) is 5.69 Å². The Kier molecular flexibility index (Phi) is 4.19. The van der Waals surface area contributed by atoms with Gasteiger partial charge in [-0.25, -0.2) is 0 Å². The van der Waals surface area contributed by atoms with Crippen LogP contribution in [0.2, 0.25) is 0 Å². The van der Waals surface area contributed by atoms with E-state index in [2.05, 4.69) is 22.6 Å². The van der Waals surface area contributed by atoms with E-state index in [1.807, 2.05) is 54.6 Å². The molecule has 0 N–H and O–H groups in total. The van der Waals surface area contributed by atoms with Crippen molar-refractivity contribution in [1.29, 1.82) is 0 Å². The second-order valence-corrected chi connectivity index (χ2v) is 7.90. The van der Waals surface area contributed by atoms with Gasteiger partial charge in [0.2, 0.25) is 0 Å². The molecule has 1 fully saturated rings. The number of amides is 1. The molecule has 0 saturated carbocycles. The van der Waals surface area contributed by atoms with Gasteiger partial charge in [0.1, 0.15) is 5.76 Å². The quantitative estimate of drug-likeness (QED) is 0.288. The minimum atomic E-state index is -0.118. The van der Waals surface area contributed by atoms with Gasteiger partial charge in [0.05, 0.1) is 10.6 Å². The summed E-state index contributed by atoms with van der Waals surface area (Å²) in [6.45, 7) is 0. The first kappa shape index (κ1) is 15.9. The Bertz CT molecular complexity index is 1000. The Labute approximate surface area is 161 Å². The summed E-state index contributed by atoms with van der Waals surface area (Å²) < 4.78 is 6.84. The van der Waals surface area contributed by atoms with Gasteiger partial charge in [-0.1, -0.05) is 60.4 Å². The molecule has 0 atom stereocenters. The van der Waals surface area contributed by atoms with Crippen molar-refractivity contribution in [3.05, 3.63) is 69.0 Å². The lowest BCUT2D eigenvalue weighted by Crippen LogP contribution is -2.27. The van der Waals surface area contributed by atoms with Crippen molar-refractivity contribution in [2.45, 2.75) is 0 Å². The van der Waals surface area contributed by atoms with Gasteiger partial charge >= 0.3 is 0 Å². The third-order valence-electron chi connectivity index (χ3n) is 3.67. The maximum Gasteiger partial charge on any atom is 0.270 e. The Morgan fingerprint density at radius 1 is 1.08 bits per heavy atom. The molecule has 3 aromatic rings. The highest BCUT2D eigenvalue weighted by atomic mass is 127. The number of thioether (sulfide) groups is 1. The molecule has 0 spiro atoms. The molecule has 1 aliphatic heterocycles. The van der Waals surface area contributed by atoms with Gasteiger partial charge in [-0.3, -0.25) is 9.69 Å². The summed E-state index contributed by atoms with van der Waals surface area (Å²) >= 11 is 8.85. The first-order valence-electron chi connectivity index (χ1n) is 7.14. The number of thiocarbonyl (C=S) groups is 1. The lowest BCUT2D eigenvalue weighted by molar-refractivity contribution is -0.113. The Hall–Kier alpha value is -1.64. The van der Waals surface area contributed by atoms with Crippen molar-refractivity contribution in [3.63, 3.8) is 0 Å². The van der Waals surface area contributed by atoms with E-state index in [0.29, 0.717) is 15.0 Å². The number of hydrogen-bond donors (Lipinski definition) is 0. The number of hydrogen-bond acceptors (Lipinski definition) is 4. The molecular weight excluding hydrogens is 453 g/mol. The highest BCUT2D eigenvalue weighted by Gasteiger charge is 2.34. The Morgan fingerprint density at radius 3 is 2.67 bits per heavy atom. The Morgan fingerprint density at radius 2 is 1.88 bits per heavy atom. The van der Waals surface area contributed by atoms with Gasteiger partial charge in [-0.2, -0.15) is 0 Å². The van der Waals surface area contributed by atoms with E-state index in [1.165, 1.54) is 11.8 Å². The standard InChI is InChI=1S/C18H10INO2S2/c19-16-9-8-12(22-16)10-15-17(21)20(18(23)24-15)14-7-3-5-11-4-1-2-6-13(11)14/h1-10H/b15-10+. The molecule has 1 saturated heterocycles. The largest absolute Gasteiger partial charge is 0.451 e. The first-order chi connectivity index (χ1) is 11.6. The lowest BCUT2D eigenvalue weighted by Gasteiger charge is -2.17. The summed E-state index contributed by atoms with van der Waals surface area (Å²) in [5.41, 5.74) is 0.813. The molecule has 4 rings (SSSR count). The predicted octanol–water partition coefficient (Wildman–Crippen LogP) is 5.44. The number of rotatable bonds is 2. The molecule has 24 heavy (non-hydrogen) atoms. The molecule has 6 heteroatoms. The topological polar surface area (TPSA) is 33.5 Å². The molecule has 118 valence electrons. The molecule has 0 unspecified atom stereocenters. The van der Waals surface area contributed by atoms with Gasteiger partial charge < -0.3 is 4.42 Å². The molecule has 0 aliphatic carbocycles. The van der Waals surface area contributed by atoms with Gasteiger partial charge in [0, 0.05) is 11.5 Å². The van der Waals surface area contributed by atoms with Gasteiger partial charge in [0.25, 0.3) is 5.91 Å². The van der Waals surface area contributed by atoms with E-state index >= 15 is 0 Å². The molecule has 2 heterocycles. The van der Waals surface area contributed by atoms with E-state index in [4.69, 9.17) is 16.6 Å². The highest BCUT2D eigenvalue weighted by molar-refractivity contribution is 14.1. The van der Waals surface area contributed by atoms with Crippen molar-refractivity contribution in [1.82, 2.24) is 0 Å². The van der Waals surface area contributed by atoms with Crippen LogP contribution in [-0.4, -0.2) is 10.2 Å². The first-order valence-corrected chi connectivity index (χ1v) is 9.45. The molecule has 1 aliphatic rings. The SMILES string of the molecule is O=C1/C(=C\c2ccc(I)o2)SC(=S)N1c1cccc2ccccc12. The van der Waals surface area contributed by atoms with Gasteiger partial charge in [-0.15, -0.1) is 0 Å². The normalized spacial score (nSPS) is 16.5. The van der Waals surface area contributed by atoms with Crippen LogP contribution in [0, 0.1) is 3.77 Å². The summed E-state index contributed by atoms with van der Waals surface area (Å²) in [6.07, 6.45) is 1.74. The number of anilines is 1. The molecule has 3 nitrogen and oxygen atoms in total. The number of carbonyl (C=O) groups excluding carboxylic acids is 1. The smallest absolute Gasteiger partial charge is 0.270 e. The van der Waals surface area contributed by atoms with Crippen LogP contribution in [0.1, 0.15) is 5.76 Å². The number of carbonyl (C=O) groups is 1. The minimum Gasteiger partial charge on any atom is -0.451 e. The fourth-order valence-electron chi connectivity index (χ4n) is 2.61. The number of benzene rings is 2. The predicted molar refractivity (Wildman–Crippen MR) is 111 cm³/mol. The third kappa shape index (κ3) is 2.78. The van der Waals surface area contributed by atoms with Crippen molar-refractivity contribution in [3.8, 4) is 0 Å². The fraction of sp³-hybridized carbons (Fsp3) is 0. The molecule has 1 aromatic heterocycles. The summed E-state index contributed by atoms with van der Waals surface area (Å²) in [4.78, 5) is 15.0. The van der Waals surface area contributed by atoms with Crippen LogP contribution in [0.3, 0.4) is 0 Å². The average Bonchev–Trinajstić information content (AvgIpc) is 3.11. The van der Waals surface area contributed by atoms with Crippen LogP contribution in [0.5, 0.6) is 0 Å². The second kappa shape index (κ2) is 6.34. The van der Waals surface area contributed by atoms with E-state index in [9.17, 15) is 4.79 Å². The highest BCUT2D eigenvalue weighted by Crippen LogP contribution is 2.38. The summed E-state index contributed by atoms with van der Waals surface area (Å²) in [6, 6.07) is 17.6. The number of furan rings is 1. The van der Waals surface area contributed by atoms with Crippen molar-refractivity contribution in [2.24, 2.45) is 0 Å². The third-order valence-corrected chi connectivity index (χ3v) is 5.55. The van der Waals surface area contributed by atoms with E-state index in [0.717, 1.165) is 20.2 Å². The van der Waals surface area contributed by atoms with Gasteiger partial charge in [0.15, 0.2) is 8.09 Å². The van der Waals surface area contributed by atoms with Crippen molar-refractivity contribution < 1.29 is 9.21 Å². The van der Waals surface area contributed by atoms with Crippen LogP contribution < -0.4 is 4.90 Å². The maximum absolute atomic E-state index is 12.9. The summed E-state index contributed by atoms with van der Waals surface area (Å²) in [7, 11) is 0. The maximum atomic E-state index is 12.9. The molecule has 2 aromatic carbocycles. The molecule has 0 radical (unpaired) electrons. The van der Waals surface area contributed by atoms with Crippen LogP contribution in [-0.2, 0) is 4.79 Å². The van der Waals surface area contributed by atoms with Crippen LogP contribution in [0.25, 0.3) is 16.8 Å². The number of nitrogens with zero attached hydrogens (tertiary/aromatic N) is 1. The zero-order chi connectivity index (χ0) is 16.7. The summed E-state index contributed by atoms with van der Waals surface area (Å²) in [5.74, 6) is 0.533. The molecule has 0 bridgehead atoms. The average molecular weight is 463 g/mol. The number of halogens is 1. The van der Waals surface area contributed by atoms with E-state index < -0.39 is 0 Å². The van der Waals surface area contributed by atoms with Crippen LogP contribution in [0.15, 0.2) is 63.9 Å². The van der Waals surface area contributed by atoms with Crippen molar-refractivity contribution >= 4 is 79.3 Å².